The van der Waals surface area contributed by atoms with Gasteiger partial charge in [-0.05, 0) is 42.5 Å². The first-order chi connectivity index (χ1) is 11.7. The van der Waals surface area contributed by atoms with Crippen LogP contribution in [0.25, 0.3) is 10.9 Å². The third-order valence-corrected chi connectivity index (χ3v) is 3.80. The van der Waals surface area contributed by atoms with E-state index in [0.717, 1.165) is 0 Å². The number of hydrogen-bond donors (Lipinski definition) is 2. The highest BCUT2D eigenvalue weighted by Crippen LogP contribution is 2.32. The molecule has 0 saturated carbocycles. The summed E-state index contributed by atoms with van der Waals surface area (Å²) in [7, 11) is 0. The van der Waals surface area contributed by atoms with E-state index in [1.165, 1.54) is 30.3 Å². The number of carboxylic acid groups (broad SMARTS) is 1. The van der Waals surface area contributed by atoms with Crippen molar-refractivity contribution in [3.63, 3.8) is 0 Å². The molecule has 0 radical (unpaired) electrons. The lowest BCUT2D eigenvalue weighted by Gasteiger charge is -2.12. The zero-order valence-corrected chi connectivity index (χ0v) is 13.9. The molecule has 0 unspecified atom stereocenters. The molecule has 0 aliphatic heterocycles. The molecule has 0 aliphatic carbocycles. The minimum atomic E-state index is -4.69. The second kappa shape index (κ2) is 6.32. The number of anilines is 2. The highest BCUT2D eigenvalue weighted by molar-refractivity contribution is 9.10. The third kappa shape index (κ3) is 3.71. The van der Waals surface area contributed by atoms with E-state index in [9.17, 15) is 18.0 Å². The zero-order valence-electron chi connectivity index (χ0n) is 12.3. The summed E-state index contributed by atoms with van der Waals surface area (Å²) in [4.78, 5) is 18.0. The van der Waals surface area contributed by atoms with Gasteiger partial charge in [0.1, 0.15) is 5.82 Å². The lowest BCUT2D eigenvalue weighted by Crippen LogP contribution is -2.12. The van der Waals surface area contributed by atoms with Gasteiger partial charge in [-0.25, -0.2) is 14.8 Å². The molecule has 1 heterocycles. The van der Waals surface area contributed by atoms with Crippen LogP contribution in [-0.2, 0) is 6.18 Å². The van der Waals surface area contributed by atoms with Gasteiger partial charge in [0.05, 0.1) is 11.1 Å². The molecule has 0 fully saturated rings. The van der Waals surface area contributed by atoms with Gasteiger partial charge in [0, 0.05) is 15.5 Å². The lowest BCUT2D eigenvalue weighted by atomic mass is 10.2. The number of rotatable bonds is 3. The molecule has 9 heteroatoms. The highest BCUT2D eigenvalue weighted by Gasteiger charge is 2.35. The second-order valence-corrected chi connectivity index (χ2v) is 5.98. The SMILES string of the molecule is O=C(O)c1ccc(Nc2nc(C(F)(F)F)nc3ccc(Br)cc23)cc1. The number of aromatic carboxylic acids is 1. The van der Waals surface area contributed by atoms with Crippen molar-refractivity contribution >= 4 is 44.3 Å². The monoisotopic (exact) mass is 411 g/mol. The van der Waals surface area contributed by atoms with Crippen LogP contribution in [0.5, 0.6) is 0 Å². The molecule has 0 atom stereocenters. The van der Waals surface area contributed by atoms with Gasteiger partial charge >= 0.3 is 12.1 Å². The standard InChI is InChI=1S/C16H9BrF3N3O2/c17-9-3-6-12-11(7-9)13(23-15(22-12)16(18,19)20)21-10-4-1-8(2-5-10)14(24)25/h1-7H,(H,24,25)(H,21,22,23). The van der Waals surface area contributed by atoms with Crippen molar-refractivity contribution in [3.05, 3.63) is 58.3 Å². The van der Waals surface area contributed by atoms with Gasteiger partial charge in [0.15, 0.2) is 0 Å². The van der Waals surface area contributed by atoms with Crippen molar-refractivity contribution in [3.8, 4) is 0 Å². The van der Waals surface area contributed by atoms with Gasteiger partial charge in [-0.3, -0.25) is 0 Å². The lowest BCUT2D eigenvalue weighted by molar-refractivity contribution is -0.144. The summed E-state index contributed by atoms with van der Waals surface area (Å²) in [5.74, 6) is -2.38. The fraction of sp³-hybridized carbons (Fsp3) is 0.0625. The van der Waals surface area contributed by atoms with Crippen LogP contribution >= 0.6 is 15.9 Å². The van der Waals surface area contributed by atoms with Crippen LogP contribution in [0.2, 0.25) is 0 Å². The summed E-state index contributed by atoms with van der Waals surface area (Å²) in [6, 6.07) is 10.2. The Morgan fingerprint density at radius 2 is 1.76 bits per heavy atom. The Kier molecular flexibility index (Phi) is 4.34. The molecule has 5 nitrogen and oxygen atoms in total. The molecule has 25 heavy (non-hydrogen) atoms. The molecule has 128 valence electrons. The zero-order chi connectivity index (χ0) is 18.2. The van der Waals surface area contributed by atoms with Crippen molar-refractivity contribution < 1.29 is 23.1 Å². The average Bonchev–Trinajstić information content (AvgIpc) is 2.54. The van der Waals surface area contributed by atoms with Gasteiger partial charge < -0.3 is 10.4 Å². The molecule has 0 amide bonds. The van der Waals surface area contributed by atoms with E-state index in [1.807, 2.05) is 0 Å². The van der Waals surface area contributed by atoms with Crippen molar-refractivity contribution in [2.45, 2.75) is 6.18 Å². The molecule has 2 N–H and O–H groups in total. The van der Waals surface area contributed by atoms with E-state index in [4.69, 9.17) is 5.11 Å². The highest BCUT2D eigenvalue weighted by atomic mass is 79.9. The van der Waals surface area contributed by atoms with E-state index >= 15 is 0 Å². The minimum absolute atomic E-state index is 0.0262. The Hall–Kier alpha value is -2.68. The first-order valence-electron chi connectivity index (χ1n) is 6.89. The number of benzene rings is 2. The first kappa shape index (κ1) is 17.2. The Morgan fingerprint density at radius 3 is 2.36 bits per heavy atom. The van der Waals surface area contributed by atoms with Gasteiger partial charge in [-0.1, -0.05) is 15.9 Å². The first-order valence-corrected chi connectivity index (χ1v) is 7.68. The molecule has 1 aromatic heterocycles. The quantitative estimate of drug-likeness (QED) is 0.643. The molecule has 0 spiro atoms. The summed E-state index contributed by atoms with van der Waals surface area (Å²) in [6.07, 6.45) is -4.69. The Labute approximate surface area is 147 Å². The Bertz CT molecular complexity index is 959. The predicted octanol–water partition coefficient (Wildman–Crippen LogP) is 4.85. The summed E-state index contributed by atoms with van der Waals surface area (Å²) in [5.41, 5.74) is 0.602. The molecule has 0 aliphatic rings. The number of fused-ring (bicyclic) bond motifs is 1. The van der Waals surface area contributed by atoms with Crippen LogP contribution in [0.15, 0.2) is 46.9 Å². The number of alkyl halides is 3. The smallest absolute Gasteiger partial charge is 0.451 e. The van der Waals surface area contributed by atoms with E-state index in [1.54, 1.807) is 12.1 Å². The van der Waals surface area contributed by atoms with Gasteiger partial charge in [0.2, 0.25) is 5.82 Å². The minimum Gasteiger partial charge on any atom is -0.478 e. The van der Waals surface area contributed by atoms with Crippen LogP contribution in [0.4, 0.5) is 24.7 Å². The van der Waals surface area contributed by atoms with Crippen LogP contribution in [0, 0.1) is 0 Å². The average molecular weight is 412 g/mol. The van der Waals surface area contributed by atoms with Crippen LogP contribution in [0.3, 0.4) is 0 Å². The Balaban J connectivity index is 2.09. The van der Waals surface area contributed by atoms with E-state index in [2.05, 4.69) is 31.2 Å². The maximum Gasteiger partial charge on any atom is 0.451 e. The van der Waals surface area contributed by atoms with E-state index < -0.39 is 18.0 Å². The fourth-order valence-electron chi connectivity index (χ4n) is 2.16. The summed E-state index contributed by atoms with van der Waals surface area (Å²) in [6.45, 7) is 0. The number of carboxylic acids is 1. The van der Waals surface area contributed by atoms with Crippen molar-refractivity contribution in [2.75, 3.05) is 5.32 Å². The molecular formula is C16H9BrF3N3O2. The largest absolute Gasteiger partial charge is 0.478 e. The van der Waals surface area contributed by atoms with Crippen molar-refractivity contribution in [1.29, 1.82) is 0 Å². The molecular weight excluding hydrogens is 403 g/mol. The predicted molar refractivity (Wildman–Crippen MR) is 88.9 cm³/mol. The number of nitrogens with one attached hydrogen (secondary N) is 1. The summed E-state index contributed by atoms with van der Waals surface area (Å²) in [5, 5.41) is 12.1. The molecule has 3 aromatic rings. The third-order valence-electron chi connectivity index (χ3n) is 3.31. The summed E-state index contributed by atoms with van der Waals surface area (Å²) >= 11 is 3.26. The maximum atomic E-state index is 13.0. The molecule has 3 rings (SSSR count). The molecule has 2 aromatic carbocycles. The van der Waals surface area contributed by atoms with Crippen LogP contribution in [0.1, 0.15) is 16.2 Å². The maximum absolute atomic E-state index is 13.0. The number of halogens is 4. The van der Waals surface area contributed by atoms with E-state index in [0.29, 0.717) is 15.5 Å². The topological polar surface area (TPSA) is 75.1 Å². The van der Waals surface area contributed by atoms with Crippen molar-refractivity contribution in [1.82, 2.24) is 9.97 Å². The number of hydrogen-bond acceptors (Lipinski definition) is 4. The number of carbonyl (C=O) groups is 1. The van der Waals surface area contributed by atoms with E-state index in [-0.39, 0.29) is 16.9 Å². The van der Waals surface area contributed by atoms with Gasteiger partial charge in [0.25, 0.3) is 0 Å². The number of aromatic nitrogens is 2. The van der Waals surface area contributed by atoms with Crippen LogP contribution < -0.4 is 5.32 Å². The summed E-state index contributed by atoms with van der Waals surface area (Å²) < 4.78 is 39.7. The molecule has 0 bridgehead atoms. The van der Waals surface area contributed by atoms with Crippen LogP contribution in [-0.4, -0.2) is 21.0 Å². The molecule has 0 saturated heterocycles. The van der Waals surface area contributed by atoms with Crippen molar-refractivity contribution in [2.24, 2.45) is 0 Å². The normalized spacial score (nSPS) is 11.5. The Morgan fingerprint density at radius 1 is 1.08 bits per heavy atom. The fourth-order valence-corrected chi connectivity index (χ4v) is 2.52. The van der Waals surface area contributed by atoms with Gasteiger partial charge in [-0.2, -0.15) is 13.2 Å². The number of nitrogens with zero attached hydrogens (tertiary/aromatic N) is 2. The van der Waals surface area contributed by atoms with Gasteiger partial charge in [-0.15, -0.1) is 0 Å². The second-order valence-electron chi connectivity index (χ2n) is 5.06.